The van der Waals surface area contributed by atoms with Crippen LogP contribution >= 0.6 is 0 Å². The third kappa shape index (κ3) is 2.11. The van der Waals surface area contributed by atoms with Crippen LogP contribution in [0.25, 0.3) is 10.8 Å². The molecule has 0 amide bonds. The van der Waals surface area contributed by atoms with Crippen LogP contribution < -0.4 is 5.19 Å². The maximum atomic E-state index is 9.91. The molecule has 0 bridgehead atoms. The summed E-state index contributed by atoms with van der Waals surface area (Å²) >= 11 is 0. The molecule has 2 rings (SSSR count). The summed E-state index contributed by atoms with van der Waals surface area (Å²) in [6.45, 7) is 3.63. The number of benzene rings is 2. The summed E-state index contributed by atoms with van der Waals surface area (Å²) in [5.41, 5.74) is 0.212. The summed E-state index contributed by atoms with van der Waals surface area (Å²) < 4.78 is 0. The third-order valence-electron chi connectivity index (χ3n) is 2.70. The van der Waals surface area contributed by atoms with Crippen molar-refractivity contribution in [3.05, 3.63) is 42.0 Å². The number of rotatable bonds is 1. The highest BCUT2D eigenvalue weighted by molar-refractivity contribution is 6.33. The van der Waals surface area contributed by atoms with Crippen molar-refractivity contribution < 1.29 is 5.11 Å². The molecule has 0 fully saturated rings. The van der Waals surface area contributed by atoms with Crippen LogP contribution in [0.2, 0.25) is 0 Å². The maximum absolute atomic E-state index is 9.91. The minimum absolute atomic E-state index is 0.756. The van der Waals surface area contributed by atoms with Gasteiger partial charge in [0.05, 0.1) is 5.60 Å². The summed E-state index contributed by atoms with van der Waals surface area (Å²) in [4.78, 5) is 0. The van der Waals surface area contributed by atoms with Gasteiger partial charge in [-0.15, -0.1) is 0 Å². The highest BCUT2D eigenvalue weighted by atomic mass is 28.1. The Labute approximate surface area is 93.2 Å². The highest BCUT2D eigenvalue weighted by Gasteiger charge is 2.15. The summed E-state index contributed by atoms with van der Waals surface area (Å²) in [6, 6.07) is 12.7. The van der Waals surface area contributed by atoms with E-state index >= 15 is 0 Å². The van der Waals surface area contributed by atoms with E-state index in [1.54, 1.807) is 0 Å². The molecule has 0 heterocycles. The topological polar surface area (TPSA) is 20.2 Å². The Kier molecular flexibility index (Phi) is 2.41. The van der Waals surface area contributed by atoms with Gasteiger partial charge < -0.3 is 5.11 Å². The highest BCUT2D eigenvalue weighted by Crippen LogP contribution is 2.23. The Morgan fingerprint density at radius 1 is 1.00 bits per heavy atom. The Morgan fingerprint density at radius 3 is 2.27 bits per heavy atom. The molecule has 0 saturated heterocycles. The molecule has 78 valence electrons. The van der Waals surface area contributed by atoms with Crippen LogP contribution in [0.3, 0.4) is 0 Å². The lowest BCUT2D eigenvalue weighted by atomic mass is 9.96. The van der Waals surface area contributed by atoms with Gasteiger partial charge in [0.2, 0.25) is 0 Å². The molecule has 0 aromatic heterocycles. The molecule has 15 heavy (non-hydrogen) atoms. The fourth-order valence-electron chi connectivity index (χ4n) is 1.75. The van der Waals surface area contributed by atoms with Gasteiger partial charge in [-0.1, -0.05) is 35.5 Å². The quantitative estimate of drug-likeness (QED) is 0.707. The monoisotopic (exact) mass is 216 g/mol. The van der Waals surface area contributed by atoms with Crippen molar-refractivity contribution in [1.29, 1.82) is 0 Å². The number of aliphatic hydroxyl groups is 1. The summed E-state index contributed by atoms with van der Waals surface area (Å²) in [5.74, 6) is 0. The van der Waals surface area contributed by atoms with Crippen LogP contribution in [-0.2, 0) is 5.60 Å². The zero-order valence-corrected chi connectivity index (χ0v) is 11.4. The van der Waals surface area contributed by atoms with E-state index in [2.05, 4.69) is 30.3 Å². The van der Waals surface area contributed by atoms with Gasteiger partial charge >= 0.3 is 0 Å². The first kappa shape index (κ1) is 10.4. The van der Waals surface area contributed by atoms with Gasteiger partial charge in [-0.25, -0.2) is 0 Å². The molecule has 1 nitrogen and oxygen atoms in total. The largest absolute Gasteiger partial charge is 0.386 e. The predicted octanol–water partition coefficient (Wildman–Crippen LogP) is 1.06. The van der Waals surface area contributed by atoms with Crippen LogP contribution in [0.5, 0.6) is 0 Å². The number of hydrogen-bond donors (Lipinski definition) is 1. The molecule has 0 atom stereocenters. The lowest BCUT2D eigenvalue weighted by Gasteiger charge is -2.18. The van der Waals surface area contributed by atoms with Gasteiger partial charge in [0, 0.05) is 10.2 Å². The van der Waals surface area contributed by atoms with Crippen molar-refractivity contribution in [2.45, 2.75) is 19.4 Å². The molecule has 2 heteroatoms. The average Bonchev–Trinajstić information content (AvgIpc) is 2.15. The van der Waals surface area contributed by atoms with E-state index in [0.717, 1.165) is 15.8 Å². The van der Waals surface area contributed by atoms with Crippen LogP contribution in [0.15, 0.2) is 36.4 Å². The molecule has 0 aliphatic heterocycles. The van der Waals surface area contributed by atoms with Gasteiger partial charge in [0.1, 0.15) is 0 Å². The van der Waals surface area contributed by atoms with E-state index in [1.807, 2.05) is 19.9 Å². The van der Waals surface area contributed by atoms with Gasteiger partial charge in [0.25, 0.3) is 0 Å². The third-order valence-corrected chi connectivity index (χ3v) is 3.32. The summed E-state index contributed by atoms with van der Waals surface area (Å²) in [5, 5.41) is 13.8. The van der Waals surface area contributed by atoms with Gasteiger partial charge in [-0.2, -0.15) is 0 Å². The van der Waals surface area contributed by atoms with E-state index in [0.29, 0.717) is 0 Å². The molecule has 2 aromatic carbocycles. The second kappa shape index (κ2) is 3.47. The van der Waals surface area contributed by atoms with E-state index in [4.69, 9.17) is 0 Å². The molecule has 0 radical (unpaired) electrons. The fourth-order valence-corrected chi connectivity index (χ4v) is 2.22. The van der Waals surface area contributed by atoms with Gasteiger partial charge in [0.15, 0.2) is 0 Å². The van der Waals surface area contributed by atoms with Crippen molar-refractivity contribution in [3.8, 4) is 0 Å². The van der Waals surface area contributed by atoms with Crippen LogP contribution in [0.4, 0.5) is 0 Å². The van der Waals surface area contributed by atoms with Gasteiger partial charge in [-0.05, 0) is 36.2 Å². The lowest BCUT2D eigenvalue weighted by molar-refractivity contribution is 0.0787. The normalized spacial score (nSPS) is 12.2. The molecule has 0 aliphatic carbocycles. The first-order valence-electron chi connectivity index (χ1n) is 5.20. The maximum Gasteiger partial charge on any atom is 0.0840 e. The molecular weight excluding hydrogens is 200 g/mol. The Balaban J connectivity index is 2.62. The van der Waals surface area contributed by atoms with E-state index in [-0.39, 0.29) is 0 Å². The van der Waals surface area contributed by atoms with Crippen molar-refractivity contribution in [2.24, 2.45) is 0 Å². The van der Waals surface area contributed by atoms with Crippen molar-refractivity contribution in [2.75, 3.05) is 0 Å². The van der Waals surface area contributed by atoms with Crippen molar-refractivity contribution in [3.63, 3.8) is 0 Å². The van der Waals surface area contributed by atoms with E-state index < -0.39 is 5.60 Å². The fraction of sp³-hybridized carbons (Fsp3) is 0.231. The smallest absolute Gasteiger partial charge is 0.0840 e. The molecule has 0 spiro atoms. The number of hydrogen-bond acceptors (Lipinski definition) is 1. The Bertz CT molecular complexity index is 497. The van der Waals surface area contributed by atoms with E-state index in [1.165, 1.54) is 16.0 Å². The lowest BCUT2D eigenvalue weighted by Crippen LogP contribution is -2.15. The average molecular weight is 216 g/mol. The van der Waals surface area contributed by atoms with Gasteiger partial charge in [-0.3, -0.25) is 0 Å². The molecule has 2 aromatic rings. The zero-order chi connectivity index (χ0) is 11.1. The molecular formula is C13H16OSi. The SMILES string of the molecule is CC(C)(O)c1ccc2cc([SiH3])ccc2c1. The second-order valence-corrected chi connectivity index (χ2v) is 5.78. The van der Waals surface area contributed by atoms with Crippen LogP contribution in [-0.4, -0.2) is 15.3 Å². The standard InChI is InChI=1S/C13H16OSi/c1-13(2,14)11-5-3-10-8-12(15)6-4-9(10)7-11/h3-8,14H,1-2,15H3. The Morgan fingerprint density at radius 2 is 1.60 bits per heavy atom. The minimum atomic E-state index is -0.756. The van der Waals surface area contributed by atoms with Crippen molar-refractivity contribution >= 4 is 26.2 Å². The number of fused-ring (bicyclic) bond motifs is 1. The minimum Gasteiger partial charge on any atom is -0.386 e. The molecule has 0 aliphatic rings. The zero-order valence-electron chi connectivity index (χ0n) is 9.41. The predicted molar refractivity (Wildman–Crippen MR) is 68.8 cm³/mol. The van der Waals surface area contributed by atoms with Crippen LogP contribution in [0.1, 0.15) is 19.4 Å². The Hall–Kier alpha value is -1.12. The molecule has 1 N–H and O–H groups in total. The first-order valence-corrected chi connectivity index (χ1v) is 6.20. The molecule has 0 saturated carbocycles. The summed E-state index contributed by atoms with van der Waals surface area (Å²) in [7, 11) is 1.08. The van der Waals surface area contributed by atoms with Crippen molar-refractivity contribution in [1.82, 2.24) is 0 Å². The first-order chi connectivity index (χ1) is 6.97. The van der Waals surface area contributed by atoms with Crippen LogP contribution in [0, 0.1) is 0 Å². The van der Waals surface area contributed by atoms with E-state index in [9.17, 15) is 5.11 Å². The molecule has 0 unspecified atom stereocenters. The summed E-state index contributed by atoms with van der Waals surface area (Å²) in [6.07, 6.45) is 0. The second-order valence-electron chi connectivity index (χ2n) is 4.62.